The highest BCUT2D eigenvalue weighted by Gasteiger charge is 1.96. The molecule has 1 nitrogen and oxygen atoms in total. The van der Waals surface area contributed by atoms with Gasteiger partial charge in [-0.3, -0.25) is 0 Å². The maximum absolute atomic E-state index is 3.15. The molecule has 0 saturated heterocycles. The van der Waals surface area contributed by atoms with Gasteiger partial charge in [-0.15, -0.1) is 11.3 Å². The molecular formula is C9H15NS. The van der Waals surface area contributed by atoms with Crippen molar-refractivity contribution in [2.75, 3.05) is 7.05 Å². The van der Waals surface area contributed by atoms with Gasteiger partial charge in [0, 0.05) is 11.4 Å². The van der Waals surface area contributed by atoms with Crippen molar-refractivity contribution in [2.24, 2.45) is 0 Å². The highest BCUT2D eigenvalue weighted by atomic mass is 32.1. The molecule has 62 valence electrons. The third-order valence-electron chi connectivity index (χ3n) is 1.59. The zero-order valence-corrected chi connectivity index (χ0v) is 8.00. The summed E-state index contributed by atoms with van der Waals surface area (Å²) in [5, 5.41) is 5.38. The summed E-state index contributed by atoms with van der Waals surface area (Å²) in [5.74, 6) is 0. The minimum atomic E-state index is 1.00. The van der Waals surface area contributed by atoms with Crippen LogP contribution >= 0.6 is 11.3 Å². The number of hydrogen-bond donors (Lipinski definition) is 1. The number of nitrogens with one attached hydrogen (secondary N) is 1. The Morgan fingerprint density at radius 3 is 3.00 bits per heavy atom. The normalized spacial score (nSPS) is 10.4. The first kappa shape index (κ1) is 8.75. The van der Waals surface area contributed by atoms with E-state index in [0.717, 1.165) is 6.54 Å². The highest BCUT2D eigenvalue weighted by Crippen LogP contribution is 2.15. The highest BCUT2D eigenvalue weighted by molar-refractivity contribution is 7.10. The van der Waals surface area contributed by atoms with Crippen LogP contribution in [0.1, 0.15) is 23.8 Å². The molecule has 0 aliphatic heterocycles. The van der Waals surface area contributed by atoms with E-state index in [1.54, 1.807) is 0 Å². The maximum atomic E-state index is 3.15. The Hall–Kier alpha value is -0.340. The monoisotopic (exact) mass is 169 g/mol. The van der Waals surface area contributed by atoms with E-state index in [-0.39, 0.29) is 0 Å². The lowest BCUT2D eigenvalue weighted by Crippen LogP contribution is -2.03. The molecule has 0 spiro atoms. The van der Waals surface area contributed by atoms with E-state index in [2.05, 4.69) is 23.7 Å². The third kappa shape index (κ3) is 2.64. The van der Waals surface area contributed by atoms with Gasteiger partial charge in [0.15, 0.2) is 0 Å². The third-order valence-corrected chi connectivity index (χ3v) is 2.63. The predicted octanol–water partition coefficient (Wildman–Crippen LogP) is 2.42. The largest absolute Gasteiger partial charge is 0.316 e. The Balaban J connectivity index is 2.51. The first-order chi connectivity index (χ1) is 5.36. The van der Waals surface area contributed by atoms with Gasteiger partial charge in [-0.05, 0) is 30.5 Å². The fraction of sp³-hybridized carbons (Fsp3) is 0.556. The number of rotatable bonds is 4. The van der Waals surface area contributed by atoms with Crippen molar-refractivity contribution in [1.29, 1.82) is 0 Å². The van der Waals surface area contributed by atoms with Gasteiger partial charge in [0.1, 0.15) is 0 Å². The van der Waals surface area contributed by atoms with Crippen LogP contribution in [0.15, 0.2) is 11.4 Å². The SMILES string of the molecule is CCCc1cc(CNC)cs1. The van der Waals surface area contributed by atoms with Crippen molar-refractivity contribution in [2.45, 2.75) is 26.3 Å². The summed E-state index contributed by atoms with van der Waals surface area (Å²) in [5.41, 5.74) is 1.42. The molecule has 1 aromatic rings. The summed E-state index contributed by atoms with van der Waals surface area (Å²) in [7, 11) is 1.98. The Morgan fingerprint density at radius 2 is 2.36 bits per heavy atom. The lowest BCUT2D eigenvalue weighted by molar-refractivity contribution is 0.819. The molecule has 1 heterocycles. The maximum Gasteiger partial charge on any atom is 0.0210 e. The van der Waals surface area contributed by atoms with Crippen LogP contribution in [-0.4, -0.2) is 7.05 Å². The molecule has 11 heavy (non-hydrogen) atoms. The Bertz CT molecular complexity index is 185. The van der Waals surface area contributed by atoms with E-state index in [1.807, 2.05) is 18.4 Å². The molecule has 0 saturated carbocycles. The summed E-state index contributed by atoms with van der Waals surface area (Å²) in [6.45, 7) is 3.22. The smallest absolute Gasteiger partial charge is 0.0210 e. The summed E-state index contributed by atoms with van der Waals surface area (Å²) in [6, 6.07) is 2.30. The van der Waals surface area contributed by atoms with Crippen molar-refractivity contribution >= 4 is 11.3 Å². The summed E-state index contributed by atoms with van der Waals surface area (Å²) in [6.07, 6.45) is 2.48. The van der Waals surface area contributed by atoms with E-state index in [9.17, 15) is 0 Å². The van der Waals surface area contributed by atoms with Crippen LogP contribution in [0, 0.1) is 0 Å². The van der Waals surface area contributed by atoms with Gasteiger partial charge in [-0.1, -0.05) is 13.3 Å². The molecule has 0 aliphatic rings. The average molecular weight is 169 g/mol. The van der Waals surface area contributed by atoms with Gasteiger partial charge in [-0.25, -0.2) is 0 Å². The standard InChI is InChI=1S/C9H15NS/c1-3-4-9-5-8(6-10-2)7-11-9/h5,7,10H,3-4,6H2,1-2H3. The molecule has 0 fully saturated rings. The molecule has 0 aliphatic carbocycles. The molecule has 2 heteroatoms. The van der Waals surface area contributed by atoms with E-state index < -0.39 is 0 Å². The molecule has 0 radical (unpaired) electrons. The summed E-state index contributed by atoms with van der Waals surface area (Å²) in [4.78, 5) is 1.51. The van der Waals surface area contributed by atoms with E-state index >= 15 is 0 Å². The first-order valence-corrected chi connectivity index (χ1v) is 4.95. The molecule has 0 unspecified atom stereocenters. The average Bonchev–Trinajstić information content (AvgIpc) is 2.38. The zero-order valence-electron chi connectivity index (χ0n) is 7.18. The minimum Gasteiger partial charge on any atom is -0.316 e. The molecule has 0 aromatic carbocycles. The van der Waals surface area contributed by atoms with Gasteiger partial charge in [0.05, 0.1) is 0 Å². The van der Waals surface area contributed by atoms with E-state index in [1.165, 1.54) is 23.3 Å². The lowest BCUT2D eigenvalue weighted by Gasteiger charge is -1.92. The van der Waals surface area contributed by atoms with Crippen LogP contribution in [0.2, 0.25) is 0 Å². The van der Waals surface area contributed by atoms with E-state index in [4.69, 9.17) is 0 Å². The van der Waals surface area contributed by atoms with Crippen molar-refractivity contribution in [3.8, 4) is 0 Å². The summed E-state index contributed by atoms with van der Waals surface area (Å²) < 4.78 is 0. The van der Waals surface area contributed by atoms with Crippen molar-refractivity contribution in [3.05, 3.63) is 21.9 Å². The second-order valence-electron chi connectivity index (χ2n) is 2.70. The lowest BCUT2D eigenvalue weighted by atomic mass is 10.2. The number of hydrogen-bond acceptors (Lipinski definition) is 2. The minimum absolute atomic E-state index is 1.00. The van der Waals surface area contributed by atoms with Crippen LogP contribution in [0.4, 0.5) is 0 Å². The van der Waals surface area contributed by atoms with Crippen LogP contribution in [-0.2, 0) is 13.0 Å². The van der Waals surface area contributed by atoms with Crippen LogP contribution < -0.4 is 5.32 Å². The molecule has 0 amide bonds. The second-order valence-corrected chi connectivity index (χ2v) is 3.70. The first-order valence-electron chi connectivity index (χ1n) is 4.07. The van der Waals surface area contributed by atoms with Crippen molar-refractivity contribution in [3.63, 3.8) is 0 Å². The van der Waals surface area contributed by atoms with Crippen molar-refractivity contribution in [1.82, 2.24) is 5.32 Å². The Morgan fingerprint density at radius 1 is 1.55 bits per heavy atom. The van der Waals surface area contributed by atoms with Gasteiger partial charge in [-0.2, -0.15) is 0 Å². The number of aryl methyl sites for hydroxylation is 1. The van der Waals surface area contributed by atoms with Crippen LogP contribution in [0.3, 0.4) is 0 Å². The topological polar surface area (TPSA) is 12.0 Å². The second kappa shape index (κ2) is 4.52. The van der Waals surface area contributed by atoms with Gasteiger partial charge in [0.25, 0.3) is 0 Å². The van der Waals surface area contributed by atoms with E-state index in [0.29, 0.717) is 0 Å². The number of thiophene rings is 1. The molecule has 0 bridgehead atoms. The Labute approximate surface area is 72.4 Å². The predicted molar refractivity (Wildman–Crippen MR) is 51.1 cm³/mol. The summed E-state index contributed by atoms with van der Waals surface area (Å²) >= 11 is 1.87. The van der Waals surface area contributed by atoms with Crippen LogP contribution in [0.5, 0.6) is 0 Å². The van der Waals surface area contributed by atoms with Crippen LogP contribution in [0.25, 0.3) is 0 Å². The molecule has 1 aromatic heterocycles. The molecule has 1 rings (SSSR count). The Kier molecular flexibility index (Phi) is 3.60. The quantitative estimate of drug-likeness (QED) is 0.730. The zero-order chi connectivity index (χ0) is 8.10. The van der Waals surface area contributed by atoms with Crippen molar-refractivity contribution < 1.29 is 0 Å². The fourth-order valence-corrected chi connectivity index (χ4v) is 2.10. The fourth-order valence-electron chi connectivity index (χ4n) is 1.10. The van der Waals surface area contributed by atoms with Gasteiger partial charge in [0.2, 0.25) is 0 Å². The molecule has 1 N–H and O–H groups in total. The molecule has 0 atom stereocenters. The van der Waals surface area contributed by atoms with Gasteiger partial charge >= 0.3 is 0 Å². The van der Waals surface area contributed by atoms with Gasteiger partial charge < -0.3 is 5.32 Å². The molecular weight excluding hydrogens is 154 g/mol.